The molecular formula is C28H22O4. The van der Waals surface area contributed by atoms with Crippen molar-refractivity contribution in [1.29, 1.82) is 0 Å². The van der Waals surface area contributed by atoms with Crippen molar-refractivity contribution >= 4 is 11.9 Å². The Hall–Kier alpha value is -4.18. The molecule has 0 heterocycles. The molecule has 0 spiro atoms. The van der Waals surface area contributed by atoms with Gasteiger partial charge in [-0.3, -0.25) is 0 Å². The third-order valence-corrected chi connectivity index (χ3v) is 5.64. The van der Waals surface area contributed by atoms with E-state index in [0.717, 1.165) is 33.4 Å². The first kappa shape index (κ1) is 21.1. The molecule has 4 rings (SSSR count). The molecule has 32 heavy (non-hydrogen) atoms. The highest BCUT2D eigenvalue weighted by Gasteiger charge is 2.24. The van der Waals surface area contributed by atoms with Gasteiger partial charge in [-0.2, -0.15) is 0 Å². The maximum absolute atomic E-state index is 12.1. The number of hydrogen-bond acceptors (Lipinski definition) is 2. The van der Waals surface area contributed by atoms with Gasteiger partial charge in [-0.25, -0.2) is 9.59 Å². The van der Waals surface area contributed by atoms with E-state index in [1.807, 2.05) is 50.2 Å². The largest absolute Gasteiger partial charge is 0.478 e. The van der Waals surface area contributed by atoms with Crippen LogP contribution in [0.5, 0.6) is 0 Å². The Balaban J connectivity index is 2.23. The maximum atomic E-state index is 12.1. The van der Waals surface area contributed by atoms with Crippen molar-refractivity contribution in [3.05, 3.63) is 107 Å². The third kappa shape index (κ3) is 3.67. The van der Waals surface area contributed by atoms with Gasteiger partial charge in [-0.15, -0.1) is 0 Å². The molecule has 0 aromatic heterocycles. The number of carboxylic acids is 2. The van der Waals surface area contributed by atoms with Gasteiger partial charge in [0.1, 0.15) is 0 Å². The van der Waals surface area contributed by atoms with E-state index in [-0.39, 0.29) is 11.1 Å². The predicted molar refractivity (Wildman–Crippen MR) is 126 cm³/mol. The van der Waals surface area contributed by atoms with Crippen molar-refractivity contribution in [2.75, 3.05) is 0 Å². The third-order valence-electron chi connectivity index (χ3n) is 5.64. The quantitative estimate of drug-likeness (QED) is 0.375. The molecule has 4 nitrogen and oxygen atoms in total. The highest BCUT2D eigenvalue weighted by Crippen LogP contribution is 2.45. The van der Waals surface area contributed by atoms with Gasteiger partial charge in [0.2, 0.25) is 0 Å². The van der Waals surface area contributed by atoms with Gasteiger partial charge in [0, 0.05) is 0 Å². The van der Waals surface area contributed by atoms with Gasteiger partial charge in [0.15, 0.2) is 0 Å². The predicted octanol–water partition coefficient (Wildman–Crippen LogP) is 6.70. The average Bonchev–Trinajstić information content (AvgIpc) is 2.79. The second-order valence-corrected chi connectivity index (χ2v) is 7.70. The van der Waals surface area contributed by atoms with Crippen LogP contribution in [0.4, 0.5) is 0 Å². The molecule has 4 heteroatoms. The molecular weight excluding hydrogens is 400 g/mol. The second kappa shape index (κ2) is 8.52. The van der Waals surface area contributed by atoms with Crippen LogP contribution in [0.1, 0.15) is 31.8 Å². The van der Waals surface area contributed by atoms with Crippen molar-refractivity contribution in [2.24, 2.45) is 0 Å². The molecule has 0 radical (unpaired) electrons. The minimum atomic E-state index is -1.03. The number of hydrogen-bond donors (Lipinski definition) is 2. The van der Waals surface area contributed by atoms with Crippen molar-refractivity contribution < 1.29 is 19.8 Å². The summed E-state index contributed by atoms with van der Waals surface area (Å²) in [6, 6.07) is 25.5. The Labute approximate surface area is 186 Å². The summed E-state index contributed by atoms with van der Waals surface area (Å²) in [4.78, 5) is 24.2. The number of aromatic carboxylic acids is 2. The number of carboxylic acid groups (broad SMARTS) is 2. The Morgan fingerprint density at radius 1 is 0.562 bits per heavy atom. The molecule has 4 aromatic rings. The molecule has 0 unspecified atom stereocenters. The van der Waals surface area contributed by atoms with Crippen molar-refractivity contribution in [3.8, 4) is 33.4 Å². The summed E-state index contributed by atoms with van der Waals surface area (Å²) in [5.74, 6) is -2.06. The summed E-state index contributed by atoms with van der Waals surface area (Å²) >= 11 is 0. The summed E-state index contributed by atoms with van der Waals surface area (Å²) in [7, 11) is 0. The Morgan fingerprint density at radius 3 is 1.53 bits per heavy atom. The summed E-state index contributed by atoms with van der Waals surface area (Å²) in [6.45, 7) is 3.93. The van der Waals surface area contributed by atoms with E-state index in [4.69, 9.17) is 0 Å². The Bertz CT molecular complexity index is 1340. The molecule has 0 saturated carbocycles. The summed E-state index contributed by atoms with van der Waals surface area (Å²) in [6.07, 6.45) is 0. The lowest BCUT2D eigenvalue weighted by atomic mass is 9.80. The number of benzene rings is 4. The van der Waals surface area contributed by atoms with E-state index in [9.17, 15) is 19.8 Å². The highest BCUT2D eigenvalue weighted by atomic mass is 16.4. The smallest absolute Gasteiger partial charge is 0.336 e. The van der Waals surface area contributed by atoms with Crippen LogP contribution in [0, 0.1) is 13.8 Å². The average molecular weight is 422 g/mol. The Kier molecular flexibility index (Phi) is 5.61. The first-order valence-corrected chi connectivity index (χ1v) is 10.2. The van der Waals surface area contributed by atoms with Crippen LogP contribution < -0.4 is 0 Å². The van der Waals surface area contributed by atoms with E-state index in [0.29, 0.717) is 11.1 Å². The minimum Gasteiger partial charge on any atom is -0.478 e. The lowest BCUT2D eigenvalue weighted by Crippen LogP contribution is -2.05. The zero-order valence-corrected chi connectivity index (χ0v) is 17.8. The second-order valence-electron chi connectivity index (χ2n) is 7.70. The van der Waals surface area contributed by atoms with Crippen LogP contribution in [0.2, 0.25) is 0 Å². The molecule has 0 bridgehead atoms. The first-order valence-electron chi connectivity index (χ1n) is 10.2. The number of rotatable bonds is 5. The molecule has 0 aliphatic heterocycles. The van der Waals surface area contributed by atoms with Gasteiger partial charge >= 0.3 is 11.9 Å². The van der Waals surface area contributed by atoms with Crippen molar-refractivity contribution in [2.45, 2.75) is 13.8 Å². The molecule has 0 atom stereocenters. The summed E-state index contributed by atoms with van der Waals surface area (Å²) in [5, 5.41) is 19.8. The van der Waals surface area contributed by atoms with E-state index in [1.165, 1.54) is 0 Å². The summed E-state index contributed by atoms with van der Waals surface area (Å²) < 4.78 is 0. The van der Waals surface area contributed by atoms with Crippen molar-refractivity contribution in [3.63, 3.8) is 0 Å². The molecule has 0 fully saturated rings. The highest BCUT2D eigenvalue weighted by molar-refractivity contribution is 6.07. The number of aryl methyl sites for hydroxylation is 2. The van der Waals surface area contributed by atoms with Crippen LogP contribution in [0.3, 0.4) is 0 Å². The van der Waals surface area contributed by atoms with E-state index < -0.39 is 11.9 Å². The van der Waals surface area contributed by atoms with E-state index >= 15 is 0 Å². The van der Waals surface area contributed by atoms with Gasteiger partial charge < -0.3 is 10.2 Å². The fourth-order valence-corrected chi connectivity index (χ4v) is 4.36. The molecule has 4 aromatic carbocycles. The Morgan fingerprint density at radius 2 is 1.00 bits per heavy atom. The number of carbonyl (C=O) groups is 2. The van der Waals surface area contributed by atoms with Gasteiger partial charge in [-0.05, 0) is 70.5 Å². The monoisotopic (exact) mass is 422 g/mol. The van der Waals surface area contributed by atoms with Gasteiger partial charge in [0.05, 0.1) is 11.1 Å². The zero-order valence-electron chi connectivity index (χ0n) is 17.8. The molecule has 0 aliphatic carbocycles. The van der Waals surface area contributed by atoms with E-state index in [2.05, 4.69) is 0 Å². The first-order chi connectivity index (χ1) is 15.4. The lowest BCUT2D eigenvalue weighted by Gasteiger charge is -2.23. The fraction of sp³-hybridized carbons (Fsp3) is 0.0714. The van der Waals surface area contributed by atoms with Crippen LogP contribution in [-0.2, 0) is 0 Å². The van der Waals surface area contributed by atoms with E-state index in [1.54, 1.807) is 48.5 Å². The summed E-state index contributed by atoms with van der Waals surface area (Å²) in [5.41, 5.74) is 6.60. The van der Waals surface area contributed by atoms with Crippen molar-refractivity contribution in [1.82, 2.24) is 0 Å². The van der Waals surface area contributed by atoms with Gasteiger partial charge in [0.25, 0.3) is 0 Å². The fourth-order valence-electron chi connectivity index (χ4n) is 4.36. The van der Waals surface area contributed by atoms with Crippen LogP contribution in [0.25, 0.3) is 33.4 Å². The molecule has 158 valence electrons. The standard InChI is InChI=1S/C28H22O4/c1-17-16-18(2)25(20-12-6-8-14-22(20)27(29)30)26(24(17)19-10-4-3-5-11-19)21-13-7-9-15-23(21)28(31)32/h3-16H,1-2H3,(H,29,30)(H,31,32). The molecule has 0 aliphatic rings. The zero-order chi connectivity index (χ0) is 22.8. The van der Waals surface area contributed by atoms with Crippen LogP contribution in [0.15, 0.2) is 84.9 Å². The normalized spacial score (nSPS) is 10.7. The molecule has 0 saturated heterocycles. The maximum Gasteiger partial charge on any atom is 0.336 e. The van der Waals surface area contributed by atoms with Crippen LogP contribution >= 0.6 is 0 Å². The lowest BCUT2D eigenvalue weighted by molar-refractivity contribution is 0.0686. The SMILES string of the molecule is Cc1cc(C)c(-c2ccccc2C(=O)O)c(-c2ccccc2C(=O)O)c1-c1ccccc1. The molecule has 2 N–H and O–H groups in total. The topological polar surface area (TPSA) is 74.6 Å². The van der Waals surface area contributed by atoms with Gasteiger partial charge in [-0.1, -0.05) is 72.8 Å². The molecule has 0 amide bonds. The van der Waals surface area contributed by atoms with Crippen LogP contribution in [-0.4, -0.2) is 22.2 Å². The minimum absolute atomic E-state index is 0.170.